The van der Waals surface area contributed by atoms with E-state index >= 15 is 0 Å². The Morgan fingerprint density at radius 1 is 1.21 bits per heavy atom. The van der Waals surface area contributed by atoms with Crippen LogP contribution in [0.2, 0.25) is 0 Å². The topological polar surface area (TPSA) is 61.9 Å². The summed E-state index contributed by atoms with van der Waals surface area (Å²) in [7, 11) is 0. The molecular weight excluding hydrogens is 367 g/mol. The minimum absolute atomic E-state index is 0.0942. The predicted molar refractivity (Wildman–Crippen MR) is 110 cm³/mol. The maximum Gasteiger partial charge on any atom is 0.261 e. The molecule has 1 saturated heterocycles. The van der Waals surface area contributed by atoms with Gasteiger partial charge in [-0.05, 0) is 68.6 Å². The molecule has 1 aliphatic heterocycles. The zero-order valence-electron chi connectivity index (χ0n) is 16.4. The molecule has 5 nitrogen and oxygen atoms in total. The highest BCUT2D eigenvalue weighted by molar-refractivity contribution is 5.77. The van der Waals surface area contributed by atoms with Gasteiger partial charge in [0.15, 0.2) is 0 Å². The van der Waals surface area contributed by atoms with Gasteiger partial charge in [0.25, 0.3) is 5.56 Å². The fourth-order valence-corrected chi connectivity index (χ4v) is 4.10. The lowest BCUT2D eigenvalue weighted by molar-refractivity contribution is 0.166. The molecule has 4 rings (SSSR count). The second-order valence-corrected chi connectivity index (χ2v) is 7.77. The predicted octanol–water partition coefficient (Wildman–Crippen LogP) is 3.63. The second kappa shape index (κ2) is 8.14. The van der Waals surface area contributed by atoms with Gasteiger partial charge in [-0.2, -0.15) is 5.26 Å². The molecule has 0 saturated carbocycles. The highest BCUT2D eigenvalue weighted by Crippen LogP contribution is 2.21. The van der Waals surface area contributed by atoms with Crippen molar-refractivity contribution in [1.29, 1.82) is 5.26 Å². The van der Waals surface area contributed by atoms with Crippen LogP contribution in [-0.2, 0) is 13.1 Å². The van der Waals surface area contributed by atoms with Crippen molar-refractivity contribution in [1.82, 2.24) is 14.5 Å². The number of rotatable bonds is 4. The maximum absolute atomic E-state index is 13.4. The molecule has 0 atom stereocenters. The van der Waals surface area contributed by atoms with E-state index in [1.54, 1.807) is 4.57 Å². The van der Waals surface area contributed by atoms with Crippen molar-refractivity contribution >= 4 is 10.9 Å². The van der Waals surface area contributed by atoms with Gasteiger partial charge in [-0.3, -0.25) is 14.3 Å². The first-order chi connectivity index (χ1) is 14.0. The van der Waals surface area contributed by atoms with Gasteiger partial charge < -0.3 is 0 Å². The van der Waals surface area contributed by atoms with Crippen LogP contribution in [-0.4, -0.2) is 27.5 Å². The van der Waals surface area contributed by atoms with Crippen molar-refractivity contribution in [2.75, 3.05) is 13.1 Å². The van der Waals surface area contributed by atoms with Crippen LogP contribution in [0.5, 0.6) is 0 Å². The van der Waals surface area contributed by atoms with Crippen LogP contribution in [0, 0.1) is 30.0 Å². The average Bonchev–Trinajstić information content (AvgIpc) is 2.72. The summed E-state index contributed by atoms with van der Waals surface area (Å²) >= 11 is 0. The Kier molecular flexibility index (Phi) is 5.41. The molecule has 1 aliphatic rings. The van der Waals surface area contributed by atoms with Gasteiger partial charge in [0.05, 0.1) is 22.5 Å². The molecule has 1 aromatic heterocycles. The summed E-state index contributed by atoms with van der Waals surface area (Å²) in [5, 5.41) is 9.52. The molecule has 2 heterocycles. The fourth-order valence-electron chi connectivity index (χ4n) is 4.10. The molecule has 0 bridgehead atoms. The summed E-state index contributed by atoms with van der Waals surface area (Å²) in [6.07, 6.45) is 2.01. The average molecular weight is 390 g/mol. The van der Waals surface area contributed by atoms with Gasteiger partial charge in [0, 0.05) is 19.2 Å². The van der Waals surface area contributed by atoms with Crippen LogP contribution in [0.1, 0.15) is 29.8 Å². The molecule has 0 spiro atoms. The minimum atomic E-state index is -0.380. The third-order valence-electron chi connectivity index (χ3n) is 5.72. The third-order valence-corrected chi connectivity index (χ3v) is 5.72. The van der Waals surface area contributed by atoms with Crippen LogP contribution in [0.25, 0.3) is 10.9 Å². The van der Waals surface area contributed by atoms with E-state index in [4.69, 9.17) is 5.26 Å². The summed E-state index contributed by atoms with van der Waals surface area (Å²) in [6.45, 7) is 5.21. The van der Waals surface area contributed by atoms with E-state index in [1.165, 1.54) is 18.2 Å². The summed E-state index contributed by atoms with van der Waals surface area (Å²) in [5.74, 6) is 0.658. The summed E-state index contributed by atoms with van der Waals surface area (Å²) in [5.41, 5.74) is 2.16. The summed E-state index contributed by atoms with van der Waals surface area (Å²) in [6, 6.07) is 14.1. The first-order valence-electron chi connectivity index (χ1n) is 9.91. The Bertz CT molecular complexity index is 1140. The van der Waals surface area contributed by atoms with Gasteiger partial charge in [0.1, 0.15) is 11.6 Å². The molecular formula is C23H23FN4O. The van der Waals surface area contributed by atoms with E-state index in [0.29, 0.717) is 34.8 Å². The van der Waals surface area contributed by atoms with E-state index in [9.17, 15) is 9.18 Å². The van der Waals surface area contributed by atoms with Crippen LogP contribution < -0.4 is 5.56 Å². The number of nitrogens with zero attached hydrogens (tertiary/aromatic N) is 4. The first kappa shape index (κ1) is 19.3. The Balaban J connectivity index is 1.43. The largest absolute Gasteiger partial charge is 0.299 e. The number of nitriles is 1. The standard InChI is InChI=1S/C23H23FN4O/c1-16-26-22-12-20(24)5-6-21(22)23(29)28(16)15-17-7-9-27(10-8-17)14-19-4-2-3-18(11-19)13-25/h2-6,11-12,17H,7-10,14-15H2,1H3. The minimum Gasteiger partial charge on any atom is -0.299 e. The molecule has 0 amide bonds. The molecule has 0 unspecified atom stereocenters. The number of piperidine rings is 1. The lowest BCUT2D eigenvalue weighted by atomic mass is 9.96. The van der Waals surface area contributed by atoms with Crippen molar-refractivity contribution in [2.24, 2.45) is 5.92 Å². The number of fused-ring (bicyclic) bond motifs is 1. The third kappa shape index (κ3) is 4.20. The zero-order valence-corrected chi connectivity index (χ0v) is 16.4. The monoisotopic (exact) mass is 390 g/mol. The normalized spacial score (nSPS) is 15.5. The van der Waals surface area contributed by atoms with Gasteiger partial charge in [-0.1, -0.05) is 12.1 Å². The molecule has 2 aromatic carbocycles. The summed E-state index contributed by atoms with van der Waals surface area (Å²) < 4.78 is 15.2. The summed E-state index contributed by atoms with van der Waals surface area (Å²) in [4.78, 5) is 19.7. The Hall–Kier alpha value is -3.04. The van der Waals surface area contributed by atoms with Gasteiger partial charge in [0.2, 0.25) is 0 Å². The van der Waals surface area contributed by atoms with Gasteiger partial charge in [-0.25, -0.2) is 9.37 Å². The highest BCUT2D eigenvalue weighted by Gasteiger charge is 2.21. The number of aryl methyl sites for hydroxylation is 1. The quantitative estimate of drug-likeness (QED) is 0.683. The van der Waals surface area contributed by atoms with Crippen molar-refractivity contribution in [3.05, 3.63) is 75.6 Å². The number of hydrogen-bond donors (Lipinski definition) is 0. The second-order valence-electron chi connectivity index (χ2n) is 7.77. The van der Waals surface area contributed by atoms with Crippen molar-refractivity contribution in [2.45, 2.75) is 32.9 Å². The molecule has 0 aliphatic carbocycles. The highest BCUT2D eigenvalue weighted by atomic mass is 19.1. The number of halogens is 1. The van der Waals surface area contributed by atoms with Crippen LogP contribution >= 0.6 is 0 Å². The Labute approximate surface area is 169 Å². The maximum atomic E-state index is 13.4. The van der Waals surface area contributed by atoms with Crippen molar-refractivity contribution < 1.29 is 4.39 Å². The lowest BCUT2D eigenvalue weighted by Gasteiger charge is -2.32. The fraction of sp³-hybridized carbons (Fsp3) is 0.348. The van der Waals surface area contributed by atoms with E-state index in [2.05, 4.69) is 22.0 Å². The van der Waals surface area contributed by atoms with E-state index in [1.807, 2.05) is 25.1 Å². The van der Waals surface area contributed by atoms with Gasteiger partial charge in [-0.15, -0.1) is 0 Å². The number of aromatic nitrogens is 2. The number of benzene rings is 2. The number of hydrogen-bond acceptors (Lipinski definition) is 4. The SMILES string of the molecule is Cc1nc2cc(F)ccc2c(=O)n1CC1CCN(Cc2cccc(C#N)c2)CC1. The molecule has 29 heavy (non-hydrogen) atoms. The van der Waals surface area contributed by atoms with Crippen LogP contribution in [0.15, 0.2) is 47.3 Å². The molecule has 1 fully saturated rings. The lowest BCUT2D eigenvalue weighted by Crippen LogP contribution is -2.36. The first-order valence-corrected chi connectivity index (χ1v) is 9.91. The van der Waals surface area contributed by atoms with Gasteiger partial charge >= 0.3 is 0 Å². The van der Waals surface area contributed by atoms with Crippen molar-refractivity contribution in [3.8, 4) is 6.07 Å². The van der Waals surface area contributed by atoms with E-state index in [0.717, 1.165) is 38.0 Å². The molecule has 6 heteroatoms. The van der Waals surface area contributed by atoms with Crippen LogP contribution in [0.3, 0.4) is 0 Å². The zero-order chi connectivity index (χ0) is 20.4. The Morgan fingerprint density at radius 3 is 2.76 bits per heavy atom. The molecule has 0 N–H and O–H groups in total. The molecule has 148 valence electrons. The Morgan fingerprint density at radius 2 is 2.00 bits per heavy atom. The smallest absolute Gasteiger partial charge is 0.261 e. The van der Waals surface area contributed by atoms with Crippen molar-refractivity contribution in [3.63, 3.8) is 0 Å². The molecule has 0 radical (unpaired) electrons. The van der Waals surface area contributed by atoms with E-state index < -0.39 is 0 Å². The number of likely N-dealkylation sites (tertiary alicyclic amines) is 1. The van der Waals surface area contributed by atoms with E-state index in [-0.39, 0.29) is 11.4 Å². The molecule has 3 aromatic rings. The van der Waals surface area contributed by atoms with Crippen LogP contribution in [0.4, 0.5) is 4.39 Å².